The second-order valence-corrected chi connectivity index (χ2v) is 5.88. The second-order valence-electron chi connectivity index (χ2n) is 5.06. The highest BCUT2D eigenvalue weighted by Crippen LogP contribution is 2.23. The molecule has 2 nitrogen and oxygen atoms in total. The maximum Gasteiger partial charge on any atom is 0.224 e. The lowest BCUT2D eigenvalue weighted by Gasteiger charge is -2.11. The van der Waals surface area contributed by atoms with Crippen molar-refractivity contribution in [3.05, 3.63) is 63.1 Å². The van der Waals surface area contributed by atoms with Crippen molar-refractivity contribution in [2.75, 3.05) is 5.32 Å². The Morgan fingerprint density at radius 1 is 1.05 bits per heavy atom. The van der Waals surface area contributed by atoms with Crippen molar-refractivity contribution in [3.8, 4) is 0 Å². The predicted molar refractivity (Wildman–Crippen MR) is 89.3 cm³/mol. The van der Waals surface area contributed by atoms with Crippen molar-refractivity contribution in [1.82, 2.24) is 0 Å². The quantitative estimate of drug-likeness (QED) is 0.825. The van der Waals surface area contributed by atoms with Gasteiger partial charge < -0.3 is 5.32 Å². The summed E-state index contributed by atoms with van der Waals surface area (Å²) in [5.74, 6) is -0.00141. The summed E-state index contributed by atoms with van der Waals surface area (Å²) < 4.78 is 0. The zero-order chi connectivity index (χ0) is 15.4. The van der Waals surface area contributed by atoms with Crippen LogP contribution in [0.15, 0.2) is 36.4 Å². The third-order valence-corrected chi connectivity index (χ3v) is 4.11. The molecule has 0 unspecified atom stereocenters. The first-order chi connectivity index (χ1) is 9.97. The molecule has 4 heteroatoms. The summed E-state index contributed by atoms with van der Waals surface area (Å²) >= 11 is 11.8. The Hall–Kier alpha value is -1.51. The van der Waals surface area contributed by atoms with E-state index in [0.717, 1.165) is 22.4 Å². The molecule has 0 radical (unpaired) electrons. The number of carbonyl (C=O) groups is 1. The predicted octanol–water partition coefficient (Wildman–Crippen LogP) is 5.18. The number of hydrogen-bond donors (Lipinski definition) is 1. The Labute approximate surface area is 135 Å². The van der Waals surface area contributed by atoms with E-state index in [2.05, 4.69) is 5.32 Å². The largest absolute Gasteiger partial charge is 0.326 e. The highest BCUT2D eigenvalue weighted by atomic mass is 35.5. The fourth-order valence-corrected chi connectivity index (χ4v) is 2.49. The average Bonchev–Trinajstić information content (AvgIpc) is 2.44. The molecule has 0 atom stereocenters. The van der Waals surface area contributed by atoms with Crippen molar-refractivity contribution < 1.29 is 4.79 Å². The molecule has 0 aliphatic carbocycles. The normalized spacial score (nSPS) is 10.5. The molecule has 0 spiro atoms. The molecular weight excluding hydrogens is 305 g/mol. The van der Waals surface area contributed by atoms with Gasteiger partial charge >= 0.3 is 0 Å². The van der Waals surface area contributed by atoms with Crippen LogP contribution < -0.4 is 5.32 Å². The third-order valence-electron chi connectivity index (χ3n) is 3.37. The molecule has 0 bridgehead atoms. The van der Waals surface area contributed by atoms with Gasteiger partial charge in [0, 0.05) is 12.1 Å². The van der Waals surface area contributed by atoms with Gasteiger partial charge in [0.2, 0.25) is 5.91 Å². The van der Waals surface area contributed by atoms with Crippen LogP contribution in [0, 0.1) is 13.8 Å². The van der Waals surface area contributed by atoms with Crippen LogP contribution in [0.25, 0.3) is 0 Å². The minimum absolute atomic E-state index is 0.00141. The first-order valence-corrected chi connectivity index (χ1v) is 7.53. The summed E-state index contributed by atoms with van der Waals surface area (Å²) in [5, 5.41) is 4.02. The van der Waals surface area contributed by atoms with Crippen LogP contribution in [0.5, 0.6) is 0 Å². The number of para-hydroxylation sites is 1. The first-order valence-electron chi connectivity index (χ1n) is 6.77. The molecule has 0 heterocycles. The number of benzene rings is 2. The fourth-order valence-electron chi connectivity index (χ4n) is 2.17. The number of anilines is 1. The lowest BCUT2D eigenvalue weighted by atomic mass is 10.1. The summed E-state index contributed by atoms with van der Waals surface area (Å²) in [4.78, 5) is 12.1. The maximum absolute atomic E-state index is 12.1. The first kappa shape index (κ1) is 15.9. The summed E-state index contributed by atoms with van der Waals surface area (Å²) in [6.07, 6.45) is 1.04. The molecule has 2 aromatic carbocycles. The highest BCUT2D eigenvalue weighted by Gasteiger charge is 2.08. The molecule has 0 aromatic heterocycles. The zero-order valence-electron chi connectivity index (χ0n) is 12.0. The van der Waals surface area contributed by atoms with Gasteiger partial charge in [0.1, 0.15) is 0 Å². The van der Waals surface area contributed by atoms with E-state index < -0.39 is 0 Å². The Bertz CT molecular complexity index is 648. The van der Waals surface area contributed by atoms with E-state index in [4.69, 9.17) is 23.2 Å². The molecule has 0 aliphatic rings. The maximum atomic E-state index is 12.1. The van der Waals surface area contributed by atoms with E-state index in [1.807, 2.05) is 38.1 Å². The van der Waals surface area contributed by atoms with Gasteiger partial charge in [-0.25, -0.2) is 0 Å². The lowest BCUT2D eigenvalue weighted by molar-refractivity contribution is -0.116. The monoisotopic (exact) mass is 321 g/mol. The Morgan fingerprint density at radius 3 is 2.33 bits per heavy atom. The van der Waals surface area contributed by atoms with Crippen molar-refractivity contribution in [1.29, 1.82) is 0 Å². The van der Waals surface area contributed by atoms with Gasteiger partial charge in [-0.2, -0.15) is 0 Å². The van der Waals surface area contributed by atoms with Gasteiger partial charge in [-0.3, -0.25) is 4.79 Å². The van der Waals surface area contributed by atoms with Crippen LogP contribution in [0.1, 0.15) is 23.1 Å². The Morgan fingerprint density at radius 2 is 1.71 bits per heavy atom. The van der Waals surface area contributed by atoms with E-state index >= 15 is 0 Å². The number of rotatable bonds is 4. The molecule has 2 rings (SSSR count). The summed E-state index contributed by atoms with van der Waals surface area (Å²) in [7, 11) is 0. The minimum Gasteiger partial charge on any atom is -0.326 e. The Balaban J connectivity index is 1.97. The van der Waals surface area contributed by atoms with Crippen molar-refractivity contribution >= 4 is 34.8 Å². The van der Waals surface area contributed by atoms with Crippen LogP contribution in [-0.2, 0) is 11.2 Å². The van der Waals surface area contributed by atoms with Crippen LogP contribution in [-0.4, -0.2) is 5.91 Å². The fraction of sp³-hybridized carbons (Fsp3) is 0.235. The van der Waals surface area contributed by atoms with Crippen molar-refractivity contribution in [3.63, 3.8) is 0 Å². The van der Waals surface area contributed by atoms with Gasteiger partial charge in [0.05, 0.1) is 10.0 Å². The van der Waals surface area contributed by atoms with E-state index in [0.29, 0.717) is 22.9 Å². The SMILES string of the molecule is Cc1cccc(C)c1NC(=O)CCc1ccc(Cl)c(Cl)c1. The minimum atomic E-state index is -0.00141. The van der Waals surface area contributed by atoms with Gasteiger partial charge in [-0.05, 0) is 49.1 Å². The second kappa shape index (κ2) is 6.97. The van der Waals surface area contributed by atoms with Crippen LogP contribution >= 0.6 is 23.2 Å². The molecule has 2 aromatic rings. The van der Waals surface area contributed by atoms with E-state index in [1.165, 1.54) is 0 Å². The van der Waals surface area contributed by atoms with Crippen LogP contribution in [0.3, 0.4) is 0 Å². The number of amides is 1. The van der Waals surface area contributed by atoms with Crippen molar-refractivity contribution in [2.45, 2.75) is 26.7 Å². The molecule has 1 N–H and O–H groups in total. The Kier molecular flexibility index (Phi) is 5.27. The lowest BCUT2D eigenvalue weighted by Crippen LogP contribution is -2.14. The number of nitrogens with one attached hydrogen (secondary N) is 1. The van der Waals surface area contributed by atoms with Crippen molar-refractivity contribution in [2.24, 2.45) is 0 Å². The number of hydrogen-bond acceptors (Lipinski definition) is 1. The summed E-state index contributed by atoms with van der Waals surface area (Å²) in [6.45, 7) is 3.98. The number of carbonyl (C=O) groups excluding carboxylic acids is 1. The van der Waals surface area contributed by atoms with Gasteiger partial charge in [0.15, 0.2) is 0 Å². The summed E-state index contributed by atoms with van der Waals surface area (Å²) in [5.41, 5.74) is 4.04. The van der Waals surface area contributed by atoms with E-state index in [-0.39, 0.29) is 5.91 Å². The molecule has 0 saturated heterocycles. The molecule has 110 valence electrons. The standard InChI is InChI=1S/C17H17Cl2NO/c1-11-4-3-5-12(2)17(11)20-16(21)9-7-13-6-8-14(18)15(19)10-13/h3-6,8,10H,7,9H2,1-2H3,(H,20,21). The van der Waals surface area contributed by atoms with E-state index in [9.17, 15) is 4.79 Å². The molecule has 0 fully saturated rings. The highest BCUT2D eigenvalue weighted by molar-refractivity contribution is 6.42. The third kappa shape index (κ3) is 4.23. The molecule has 1 amide bonds. The topological polar surface area (TPSA) is 29.1 Å². The average molecular weight is 322 g/mol. The zero-order valence-corrected chi connectivity index (χ0v) is 13.6. The number of aryl methyl sites for hydroxylation is 3. The van der Waals surface area contributed by atoms with Crippen LogP contribution in [0.4, 0.5) is 5.69 Å². The van der Waals surface area contributed by atoms with Crippen LogP contribution in [0.2, 0.25) is 10.0 Å². The number of halogens is 2. The molecule has 21 heavy (non-hydrogen) atoms. The molecule has 0 saturated carbocycles. The van der Waals surface area contributed by atoms with Gasteiger partial charge in [-0.1, -0.05) is 47.5 Å². The molecular formula is C17H17Cl2NO. The molecule has 0 aliphatic heterocycles. The summed E-state index contributed by atoms with van der Waals surface area (Å²) in [6, 6.07) is 11.4. The smallest absolute Gasteiger partial charge is 0.224 e. The van der Waals surface area contributed by atoms with Gasteiger partial charge in [-0.15, -0.1) is 0 Å². The van der Waals surface area contributed by atoms with Gasteiger partial charge in [0.25, 0.3) is 0 Å². The van der Waals surface area contributed by atoms with E-state index in [1.54, 1.807) is 12.1 Å².